The van der Waals surface area contributed by atoms with Gasteiger partial charge < -0.3 is 14.5 Å². The van der Waals surface area contributed by atoms with Crippen LogP contribution in [0.3, 0.4) is 0 Å². The van der Waals surface area contributed by atoms with Gasteiger partial charge in [0.1, 0.15) is 11.8 Å². The fourth-order valence-electron chi connectivity index (χ4n) is 5.63. The number of rotatable bonds is 2. The minimum Gasteiger partial charge on any atom is -0.353 e. The molecule has 0 aromatic carbocycles. The number of likely N-dealkylation sites (N-methyl/N-ethyl adjacent to an activating group) is 1. The Balaban J connectivity index is 1.57. The Morgan fingerprint density at radius 2 is 1.67 bits per heavy atom. The number of piperazine rings is 1. The third-order valence-electron chi connectivity index (χ3n) is 7.23. The molecular formula is C21H35N3O3. The van der Waals surface area contributed by atoms with Crippen LogP contribution in [-0.4, -0.2) is 78.1 Å². The first kappa shape index (κ1) is 19.2. The molecule has 0 aromatic rings. The van der Waals surface area contributed by atoms with E-state index in [0.717, 1.165) is 71.1 Å². The van der Waals surface area contributed by atoms with E-state index in [1.165, 1.54) is 6.42 Å². The minimum absolute atomic E-state index is 0.0867. The summed E-state index contributed by atoms with van der Waals surface area (Å²) in [6, 6.07) is -0.424. The molecule has 6 heteroatoms. The fourth-order valence-corrected chi connectivity index (χ4v) is 5.63. The molecule has 0 aromatic heterocycles. The normalized spacial score (nSPS) is 35.9. The summed E-state index contributed by atoms with van der Waals surface area (Å²) in [5, 5.41) is 0. The summed E-state index contributed by atoms with van der Waals surface area (Å²) in [5.41, 5.74) is -0.537. The molecule has 6 nitrogen and oxygen atoms in total. The van der Waals surface area contributed by atoms with Crippen molar-refractivity contribution in [3.63, 3.8) is 0 Å². The van der Waals surface area contributed by atoms with E-state index in [1.54, 1.807) is 0 Å². The predicted octanol–water partition coefficient (Wildman–Crippen LogP) is 2.08. The quantitative estimate of drug-likeness (QED) is 0.739. The van der Waals surface area contributed by atoms with Crippen LogP contribution in [0.25, 0.3) is 0 Å². The highest BCUT2D eigenvalue weighted by atomic mass is 16.5. The van der Waals surface area contributed by atoms with Gasteiger partial charge in [-0.05, 0) is 45.1 Å². The molecule has 0 radical (unpaired) electrons. The summed E-state index contributed by atoms with van der Waals surface area (Å²) < 4.78 is 6.34. The van der Waals surface area contributed by atoms with Crippen LogP contribution >= 0.6 is 0 Å². The first-order valence-corrected chi connectivity index (χ1v) is 10.9. The molecule has 152 valence electrons. The molecule has 2 saturated heterocycles. The van der Waals surface area contributed by atoms with Crippen molar-refractivity contribution >= 4 is 11.8 Å². The summed E-state index contributed by atoms with van der Waals surface area (Å²) in [6.07, 6.45) is 8.21. The number of hydrogen-bond acceptors (Lipinski definition) is 4. The standard InChI is InChI=1S/C21H35N3O3/c1-16-6-5-9-21(14-16)24(19(25)17-7-3-4-8-17)18(15-27-21)20(26)23-12-10-22(2)11-13-23/h16-18H,3-15H2,1-2H3/t16-,18-,21-/m0/s1. The molecule has 4 rings (SSSR count). The Bertz CT molecular complexity index is 569. The van der Waals surface area contributed by atoms with Gasteiger partial charge in [0.2, 0.25) is 11.8 Å². The van der Waals surface area contributed by atoms with Crippen LogP contribution in [0.4, 0.5) is 0 Å². The van der Waals surface area contributed by atoms with Gasteiger partial charge in [-0.2, -0.15) is 0 Å². The average Bonchev–Trinajstić information content (AvgIpc) is 3.30. The lowest BCUT2D eigenvalue weighted by Crippen LogP contribution is -2.60. The summed E-state index contributed by atoms with van der Waals surface area (Å²) >= 11 is 0. The van der Waals surface area contributed by atoms with E-state index in [0.29, 0.717) is 12.5 Å². The Labute approximate surface area is 163 Å². The second kappa shape index (κ2) is 7.70. The first-order chi connectivity index (χ1) is 13.0. The molecule has 2 aliphatic carbocycles. The SMILES string of the molecule is C[C@H]1CCC[C@@]2(C1)OC[C@@H](C(=O)N1CCN(C)CC1)N2C(=O)C1CCCC1. The smallest absolute Gasteiger partial charge is 0.247 e. The van der Waals surface area contributed by atoms with E-state index in [2.05, 4.69) is 18.9 Å². The third-order valence-corrected chi connectivity index (χ3v) is 7.23. The first-order valence-electron chi connectivity index (χ1n) is 10.9. The van der Waals surface area contributed by atoms with Gasteiger partial charge in [0.25, 0.3) is 0 Å². The van der Waals surface area contributed by atoms with Crippen molar-refractivity contribution in [2.75, 3.05) is 39.8 Å². The highest BCUT2D eigenvalue weighted by Gasteiger charge is 2.55. The molecule has 0 N–H and O–H groups in total. The average molecular weight is 378 g/mol. The molecule has 2 heterocycles. The van der Waals surface area contributed by atoms with Crippen molar-refractivity contribution < 1.29 is 14.3 Å². The molecule has 27 heavy (non-hydrogen) atoms. The molecule has 0 bridgehead atoms. The molecule has 2 saturated carbocycles. The largest absolute Gasteiger partial charge is 0.353 e. The van der Waals surface area contributed by atoms with E-state index >= 15 is 0 Å². The molecule has 4 fully saturated rings. The van der Waals surface area contributed by atoms with Crippen LogP contribution in [-0.2, 0) is 14.3 Å². The van der Waals surface area contributed by atoms with Gasteiger partial charge in [0.05, 0.1) is 6.61 Å². The summed E-state index contributed by atoms with van der Waals surface area (Å²) in [5.74, 6) is 0.912. The number of carbonyl (C=O) groups excluding carboxylic acids is 2. The van der Waals surface area contributed by atoms with Crippen LogP contribution in [0.1, 0.15) is 58.3 Å². The Morgan fingerprint density at radius 1 is 0.963 bits per heavy atom. The van der Waals surface area contributed by atoms with E-state index in [1.807, 2.05) is 9.80 Å². The lowest BCUT2D eigenvalue weighted by molar-refractivity contribution is -0.168. The third kappa shape index (κ3) is 3.63. The number of carbonyl (C=O) groups is 2. The van der Waals surface area contributed by atoms with E-state index in [-0.39, 0.29) is 17.7 Å². The van der Waals surface area contributed by atoms with Crippen LogP contribution in [0, 0.1) is 11.8 Å². The van der Waals surface area contributed by atoms with Crippen molar-refractivity contribution in [3.05, 3.63) is 0 Å². The van der Waals surface area contributed by atoms with Gasteiger partial charge >= 0.3 is 0 Å². The lowest BCUT2D eigenvalue weighted by Gasteiger charge is -2.45. The van der Waals surface area contributed by atoms with Crippen LogP contribution in [0.5, 0.6) is 0 Å². The molecule has 2 amide bonds. The van der Waals surface area contributed by atoms with Gasteiger partial charge in [-0.15, -0.1) is 0 Å². The zero-order valence-electron chi connectivity index (χ0n) is 17.0. The summed E-state index contributed by atoms with van der Waals surface area (Å²) in [4.78, 5) is 33.1. The predicted molar refractivity (Wildman–Crippen MR) is 103 cm³/mol. The number of nitrogens with zero attached hydrogens (tertiary/aromatic N) is 3. The monoisotopic (exact) mass is 377 g/mol. The Kier molecular flexibility index (Phi) is 5.48. The minimum atomic E-state index is -0.537. The van der Waals surface area contributed by atoms with Crippen LogP contribution in [0.2, 0.25) is 0 Å². The second-order valence-electron chi connectivity index (χ2n) is 9.29. The maximum atomic E-state index is 13.5. The van der Waals surface area contributed by atoms with Gasteiger partial charge in [0, 0.05) is 32.1 Å². The van der Waals surface area contributed by atoms with Crippen molar-refractivity contribution in [1.82, 2.24) is 14.7 Å². The zero-order chi connectivity index (χ0) is 19.0. The number of hydrogen-bond donors (Lipinski definition) is 0. The summed E-state index contributed by atoms with van der Waals surface area (Å²) in [6.45, 7) is 5.92. The fraction of sp³-hybridized carbons (Fsp3) is 0.905. The Hall–Kier alpha value is -1.14. The highest BCUT2D eigenvalue weighted by Crippen LogP contribution is 2.44. The molecule has 3 atom stereocenters. The summed E-state index contributed by atoms with van der Waals surface area (Å²) in [7, 11) is 2.09. The second-order valence-corrected chi connectivity index (χ2v) is 9.29. The number of amides is 2. The highest BCUT2D eigenvalue weighted by molar-refractivity contribution is 5.90. The molecule has 4 aliphatic rings. The zero-order valence-corrected chi connectivity index (χ0v) is 17.0. The lowest BCUT2D eigenvalue weighted by atomic mass is 9.82. The van der Waals surface area contributed by atoms with Crippen molar-refractivity contribution in [3.8, 4) is 0 Å². The van der Waals surface area contributed by atoms with Gasteiger partial charge in [-0.3, -0.25) is 14.5 Å². The van der Waals surface area contributed by atoms with Gasteiger partial charge in [-0.1, -0.05) is 26.2 Å². The molecule has 2 aliphatic heterocycles. The van der Waals surface area contributed by atoms with Crippen molar-refractivity contribution in [2.24, 2.45) is 11.8 Å². The van der Waals surface area contributed by atoms with Gasteiger partial charge in [-0.25, -0.2) is 0 Å². The maximum Gasteiger partial charge on any atom is 0.247 e. The molecule has 0 unspecified atom stereocenters. The van der Waals surface area contributed by atoms with Crippen molar-refractivity contribution in [1.29, 1.82) is 0 Å². The number of ether oxygens (including phenoxy) is 1. The molecule has 1 spiro atoms. The van der Waals surface area contributed by atoms with Crippen LogP contribution in [0.15, 0.2) is 0 Å². The maximum absolute atomic E-state index is 13.5. The molecular weight excluding hydrogens is 342 g/mol. The van der Waals surface area contributed by atoms with E-state index in [9.17, 15) is 9.59 Å². The van der Waals surface area contributed by atoms with Crippen LogP contribution < -0.4 is 0 Å². The van der Waals surface area contributed by atoms with E-state index < -0.39 is 11.8 Å². The Morgan fingerprint density at radius 3 is 2.33 bits per heavy atom. The van der Waals surface area contributed by atoms with Gasteiger partial charge in [0.15, 0.2) is 0 Å². The topological polar surface area (TPSA) is 53.1 Å². The van der Waals surface area contributed by atoms with E-state index in [4.69, 9.17) is 4.74 Å². The van der Waals surface area contributed by atoms with Crippen molar-refractivity contribution in [2.45, 2.75) is 70.1 Å².